The maximum Gasteiger partial charge on any atom is 0.257 e. The van der Waals surface area contributed by atoms with Crippen molar-refractivity contribution in [3.8, 4) is 0 Å². The molecule has 0 N–H and O–H groups in total. The van der Waals surface area contributed by atoms with Crippen LogP contribution in [0.1, 0.15) is 11.1 Å². The number of aromatic nitrogens is 3. The summed E-state index contributed by atoms with van der Waals surface area (Å²) < 4.78 is 34.6. The van der Waals surface area contributed by atoms with Crippen LogP contribution in [-0.2, 0) is 23.7 Å². The van der Waals surface area contributed by atoms with Crippen LogP contribution >= 0.6 is 11.6 Å². The first kappa shape index (κ1) is 19.1. The topological polar surface area (TPSA) is 78.9 Å². The van der Waals surface area contributed by atoms with E-state index in [4.69, 9.17) is 11.6 Å². The van der Waals surface area contributed by atoms with Crippen LogP contribution in [0.5, 0.6) is 0 Å². The van der Waals surface area contributed by atoms with Crippen LogP contribution in [0.25, 0.3) is 0 Å². The number of hydrogen-bond donors (Lipinski definition) is 0. The van der Waals surface area contributed by atoms with Crippen LogP contribution in [0.3, 0.4) is 0 Å². The fourth-order valence-electron chi connectivity index (χ4n) is 2.00. The van der Waals surface area contributed by atoms with Gasteiger partial charge in [0.2, 0.25) is 0 Å². The van der Waals surface area contributed by atoms with Gasteiger partial charge in [-0.05, 0) is 36.2 Å². The highest BCUT2D eigenvalue weighted by atomic mass is 35.5. The Labute approximate surface area is 152 Å². The molecular formula is C17H18ClN3O3S. The van der Waals surface area contributed by atoms with Gasteiger partial charge in [-0.15, -0.1) is 9.36 Å². The average molecular weight is 380 g/mol. The highest BCUT2D eigenvalue weighted by Crippen LogP contribution is 2.08. The molecule has 25 heavy (non-hydrogen) atoms. The summed E-state index contributed by atoms with van der Waals surface area (Å²) in [7, 11) is -2.45. The number of halogens is 1. The smallest absolute Gasteiger partial charge is 0.257 e. The molecule has 8 heteroatoms. The van der Waals surface area contributed by atoms with Gasteiger partial charge in [0, 0.05) is 0 Å². The standard InChI is InChI=1S/C10H11ClN3.C7H8O3S/c1-13-10(11)8-14(12-13)7-9-5-3-2-4-6-9;1-6-2-4-7(5-3-6)11(8,9)10/h2-6,8H,7H2,1H3;2-5H,1H3,(H,8,9,10)/q+1;/p-1. The molecular weight excluding hydrogens is 362 g/mol. The molecule has 3 rings (SSSR count). The van der Waals surface area contributed by atoms with Crippen molar-refractivity contribution in [1.82, 2.24) is 9.90 Å². The van der Waals surface area contributed by atoms with Gasteiger partial charge in [-0.3, -0.25) is 0 Å². The van der Waals surface area contributed by atoms with Gasteiger partial charge in [-0.2, -0.15) is 0 Å². The van der Waals surface area contributed by atoms with E-state index in [-0.39, 0.29) is 4.90 Å². The maximum absolute atomic E-state index is 10.4. The molecule has 0 spiro atoms. The van der Waals surface area contributed by atoms with Crippen LogP contribution in [0.4, 0.5) is 0 Å². The summed E-state index contributed by atoms with van der Waals surface area (Å²) in [5, 5.41) is 4.85. The first-order chi connectivity index (χ1) is 11.8. The van der Waals surface area contributed by atoms with Crippen molar-refractivity contribution in [2.75, 3.05) is 0 Å². The number of hydrogen-bond acceptors (Lipinski definition) is 4. The third-order valence-electron chi connectivity index (χ3n) is 3.31. The average Bonchev–Trinajstić information content (AvgIpc) is 2.86. The second-order valence-electron chi connectivity index (χ2n) is 5.42. The predicted octanol–water partition coefficient (Wildman–Crippen LogP) is 2.31. The van der Waals surface area contributed by atoms with E-state index in [0.717, 1.165) is 12.1 Å². The van der Waals surface area contributed by atoms with Crippen molar-refractivity contribution >= 4 is 21.7 Å². The van der Waals surface area contributed by atoms with Gasteiger partial charge in [0.1, 0.15) is 23.7 Å². The summed E-state index contributed by atoms with van der Waals surface area (Å²) in [4.78, 5) is -0.178. The molecule has 0 saturated heterocycles. The Hall–Kier alpha value is -2.22. The van der Waals surface area contributed by atoms with Crippen molar-refractivity contribution in [2.24, 2.45) is 7.05 Å². The molecule has 6 nitrogen and oxygen atoms in total. The van der Waals surface area contributed by atoms with Crippen LogP contribution in [0.15, 0.2) is 65.7 Å². The molecule has 0 bridgehead atoms. The zero-order valence-electron chi connectivity index (χ0n) is 13.8. The molecule has 0 atom stereocenters. The first-order valence-electron chi connectivity index (χ1n) is 7.41. The summed E-state index contributed by atoms with van der Waals surface area (Å²) in [6.45, 7) is 2.57. The molecule has 132 valence electrons. The molecule has 1 heterocycles. The normalized spacial score (nSPS) is 10.9. The fourth-order valence-corrected chi connectivity index (χ4v) is 2.62. The van der Waals surface area contributed by atoms with Gasteiger partial charge in [-0.1, -0.05) is 48.0 Å². The number of benzene rings is 2. The third-order valence-corrected chi connectivity index (χ3v) is 4.50. The Bertz CT molecular complexity index is 904. The van der Waals surface area contributed by atoms with Crippen molar-refractivity contribution in [1.29, 1.82) is 0 Å². The van der Waals surface area contributed by atoms with Crippen LogP contribution in [0, 0.1) is 6.92 Å². The lowest BCUT2D eigenvalue weighted by atomic mass is 10.2. The predicted molar refractivity (Wildman–Crippen MR) is 93.1 cm³/mol. The summed E-state index contributed by atoms with van der Waals surface area (Å²) in [5.41, 5.74) is 2.14. The Morgan fingerprint density at radius 3 is 2.20 bits per heavy atom. The minimum Gasteiger partial charge on any atom is -0.744 e. The fraction of sp³-hybridized carbons (Fsp3) is 0.176. The van der Waals surface area contributed by atoms with Gasteiger partial charge in [-0.25, -0.2) is 8.42 Å². The summed E-state index contributed by atoms with van der Waals surface area (Å²) in [5.74, 6) is 0. The quantitative estimate of drug-likeness (QED) is 0.516. The molecule has 0 unspecified atom stereocenters. The van der Waals surface area contributed by atoms with E-state index in [9.17, 15) is 13.0 Å². The van der Waals surface area contributed by atoms with Crippen LogP contribution < -0.4 is 4.68 Å². The van der Waals surface area contributed by atoms with E-state index >= 15 is 0 Å². The maximum atomic E-state index is 10.4. The van der Waals surface area contributed by atoms with Gasteiger partial charge in [0.05, 0.1) is 10.1 Å². The molecule has 0 aliphatic carbocycles. The highest BCUT2D eigenvalue weighted by molar-refractivity contribution is 7.85. The SMILES string of the molecule is Cc1ccc(S(=O)(=O)[O-])cc1.Cn1n[n+](Cc2ccccc2)cc1Cl. The summed E-state index contributed by atoms with van der Waals surface area (Å²) in [6, 6.07) is 15.9. The lowest BCUT2D eigenvalue weighted by molar-refractivity contribution is -0.747. The second kappa shape index (κ2) is 8.24. The Kier molecular flexibility index (Phi) is 6.30. The number of aryl methyl sites for hydroxylation is 2. The van der Waals surface area contributed by atoms with E-state index in [1.807, 2.05) is 43.0 Å². The largest absolute Gasteiger partial charge is 0.744 e. The van der Waals surface area contributed by atoms with Crippen molar-refractivity contribution in [3.05, 3.63) is 77.1 Å². The lowest BCUT2D eigenvalue weighted by Crippen LogP contribution is -2.36. The van der Waals surface area contributed by atoms with Crippen molar-refractivity contribution in [3.63, 3.8) is 0 Å². The molecule has 1 aromatic heterocycles. The molecule has 2 aromatic carbocycles. The summed E-state index contributed by atoms with van der Waals surface area (Å²) in [6.07, 6.45) is 1.81. The lowest BCUT2D eigenvalue weighted by Gasteiger charge is -2.05. The monoisotopic (exact) mass is 379 g/mol. The first-order valence-corrected chi connectivity index (χ1v) is 9.20. The van der Waals surface area contributed by atoms with Crippen molar-refractivity contribution < 1.29 is 17.7 Å². The number of rotatable bonds is 3. The molecule has 0 fully saturated rings. The van der Waals surface area contributed by atoms with Gasteiger partial charge >= 0.3 is 0 Å². The van der Waals surface area contributed by atoms with Gasteiger partial charge in [0.15, 0.2) is 6.20 Å². The minimum absolute atomic E-state index is 0.178. The number of nitrogens with zero attached hydrogens (tertiary/aromatic N) is 3. The van der Waals surface area contributed by atoms with E-state index in [2.05, 4.69) is 17.3 Å². The molecule has 0 amide bonds. The minimum atomic E-state index is -4.27. The Balaban J connectivity index is 0.000000186. The molecule has 0 aliphatic rings. The Morgan fingerprint density at radius 2 is 1.72 bits per heavy atom. The van der Waals surface area contributed by atoms with E-state index in [0.29, 0.717) is 5.15 Å². The third kappa shape index (κ3) is 5.97. The van der Waals surface area contributed by atoms with E-state index in [1.165, 1.54) is 17.7 Å². The Morgan fingerprint density at radius 1 is 1.12 bits per heavy atom. The highest BCUT2D eigenvalue weighted by Gasteiger charge is 2.09. The molecule has 0 saturated carbocycles. The molecule has 0 aliphatic heterocycles. The zero-order chi connectivity index (χ0) is 18.4. The molecule has 3 aromatic rings. The summed E-state index contributed by atoms with van der Waals surface area (Å²) >= 11 is 5.88. The van der Waals surface area contributed by atoms with Gasteiger partial charge < -0.3 is 4.55 Å². The van der Waals surface area contributed by atoms with Crippen molar-refractivity contribution in [2.45, 2.75) is 18.4 Å². The van der Waals surface area contributed by atoms with E-state index < -0.39 is 10.1 Å². The molecule has 0 radical (unpaired) electrons. The van der Waals surface area contributed by atoms with Crippen LogP contribution in [0.2, 0.25) is 5.15 Å². The van der Waals surface area contributed by atoms with E-state index in [1.54, 1.807) is 16.8 Å². The van der Waals surface area contributed by atoms with Gasteiger partial charge in [0.25, 0.3) is 5.15 Å². The zero-order valence-corrected chi connectivity index (χ0v) is 15.4. The van der Waals surface area contributed by atoms with Crippen LogP contribution in [-0.4, -0.2) is 22.9 Å². The second-order valence-corrected chi connectivity index (χ2v) is 7.18.